The Balaban J connectivity index is 2.11. The van der Waals surface area contributed by atoms with Crippen LogP contribution >= 0.6 is 0 Å². The second kappa shape index (κ2) is 6.87. The maximum atomic E-state index is 13.4. The summed E-state index contributed by atoms with van der Waals surface area (Å²) < 4.78 is 26.8. The molecule has 1 nitrogen and oxygen atoms in total. The van der Waals surface area contributed by atoms with E-state index in [1.807, 2.05) is 0 Å². The van der Waals surface area contributed by atoms with E-state index in [2.05, 4.69) is 26.1 Å². The van der Waals surface area contributed by atoms with E-state index in [1.165, 1.54) is 25.0 Å². The molecule has 0 radical (unpaired) electrons. The third-order valence-electron chi connectivity index (χ3n) is 4.75. The van der Waals surface area contributed by atoms with Crippen LogP contribution in [0.3, 0.4) is 0 Å². The van der Waals surface area contributed by atoms with Crippen molar-refractivity contribution in [3.8, 4) is 0 Å². The Morgan fingerprint density at radius 2 is 1.81 bits per heavy atom. The highest BCUT2D eigenvalue weighted by Crippen LogP contribution is 2.43. The summed E-state index contributed by atoms with van der Waals surface area (Å²) in [7, 11) is 0. The van der Waals surface area contributed by atoms with E-state index in [-0.39, 0.29) is 0 Å². The van der Waals surface area contributed by atoms with E-state index in [9.17, 15) is 8.78 Å². The number of hydrogen-bond donors (Lipinski definition) is 1. The summed E-state index contributed by atoms with van der Waals surface area (Å²) in [4.78, 5) is 0. The normalized spacial score (nSPS) is 25.0. The lowest BCUT2D eigenvalue weighted by Crippen LogP contribution is -2.37. The maximum absolute atomic E-state index is 13.4. The molecular weight excluding hydrogens is 268 g/mol. The predicted molar refractivity (Wildman–Crippen MR) is 83.2 cm³/mol. The zero-order valence-electron chi connectivity index (χ0n) is 13.4. The molecule has 1 aromatic carbocycles. The standard InChI is InChI=1S/C18H27F2N/c1-4-21-12-14-5-6-18(2,3)11-15(14)7-13-8-16(19)10-17(20)9-13/h8-10,14-15,21H,4-7,11-12H2,1-3H3. The van der Waals surface area contributed by atoms with Crippen molar-refractivity contribution in [3.05, 3.63) is 35.4 Å². The molecule has 0 aromatic heterocycles. The van der Waals surface area contributed by atoms with Crippen molar-refractivity contribution in [3.63, 3.8) is 0 Å². The van der Waals surface area contributed by atoms with Gasteiger partial charge >= 0.3 is 0 Å². The Morgan fingerprint density at radius 3 is 2.43 bits per heavy atom. The number of hydrogen-bond acceptors (Lipinski definition) is 1. The minimum absolute atomic E-state index is 0.333. The first-order valence-electron chi connectivity index (χ1n) is 8.05. The first kappa shape index (κ1) is 16.4. The molecule has 21 heavy (non-hydrogen) atoms. The van der Waals surface area contributed by atoms with E-state index in [1.54, 1.807) is 0 Å². The predicted octanol–water partition coefficient (Wildman–Crippen LogP) is 4.56. The minimum Gasteiger partial charge on any atom is -0.317 e. The molecule has 2 rings (SSSR count). The molecule has 1 fully saturated rings. The third kappa shape index (κ3) is 4.77. The van der Waals surface area contributed by atoms with Gasteiger partial charge in [0.1, 0.15) is 11.6 Å². The van der Waals surface area contributed by atoms with Crippen LogP contribution in [0.25, 0.3) is 0 Å². The molecule has 1 saturated carbocycles. The molecule has 1 aliphatic carbocycles. The third-order valence-corrected chi connectivity index (χ3v) is 4.75. The Bertz CT molecular complexity index is 450. The number of nitrogens with one attached hydrogen (secondary N) is 1. The van der Waals surface area contributed by atoms with Crippen molar-refractivity contribution < 1.29 is 8.78 Å². The molecule has 1 aromatic rings. The number of halogens is 2. The van der Waals surface area contributed by atoms with Gasteiger partial charge in [-0.2, -0.15) is 0 Å². The van der Waals surface area contributed by atoms with Crippen molar-refractivity contribution in [1.82, 2.24) is 5.32 Å². The molecule has 0 spiro atoms. The summed E-state index contributed by atoms with van der Waals surface area (Å²) in [6.07, 6.45) is 4.33. The van der Waals surface area contributed by atoms with Gasteiger partial charge in [0, 0.05) is 6.07 Å². The summed E-state index contributed by atoms with van der Waals surface area (Å²) in [5.74, 6) is 0.157. The second-order valence-corrected chi connectivity index (χ2v) is 7.22. The monoisotopic (exact) mass is 295 g/mol. The average Bonchev–Trinajstić information content (AvgIpc) is 2.36. The molecule has 3 heteroatoms. The lowest BCUT2D eigenvalue weighted by molar-refractivity contribution is 0.116. The van der Waals surface area contributed by atoms with Crippen molar-refractivity contribution >= 4 is 0 Å². The van der Waals surface area contributed by atoms with Gasteiger partial charge in [0.2, 0.25) is 0 Å². The van der Waals surface area contributed by atoms with Crippen LogP contribution in [0.4, 0.5) is 8.78 Å². The van der Waals surface area contributed by atoms with E-state index in [4.69, 9.17) is 0 Å². The van der Waals surface area contributed by atoms with Gasteiger partial charge in [-0.25, -0.2) is 8.78 Å². The minimum atomic E-state index is -0.469. The lowest BCUT2D eigenvalue weighted by Gasteiger charge is -2.41. The van der Waals surface area contributed by atoms with Crippen LogP contribution in [0.2, 0.25) is 0 Å². The largest absolute Gasteiger partial charge is 0.317 e. The van der Waals surface area contributed by atoms with Gasteiger partial charge in [-0.1, -0.05) is 20.8 Å². The van der Waals surface area contributed by atoms with E-state index in [0.717, 1.165) is 37.6 Å². The van der Waals surface area contributed by atoms with Crippen LogP contribution in [0, 0.1) is 28.9 Å². The zero-order chi connectivity index (χ0) is 15.5. The Morgan fingerprint density at radius 1 is 1.14 bits per heavy atom. The highest BCUT2D eigenvalue weighted by atomic mass is 19.1. The van der Waals surface area contributed by atoms with Crippen LogP contribution in [-0.2, 0) is 6.42 Å². The SMILES string of the molecule is CCNCC1CCC(C)(C)CC1Cc1cc(F)cc(F)c1. The van der Waals surface area contributed by atoms with Gasteiger partial charge in [0.15, 0.2) is 0 Å². The molecule has 118 valence electrons. The summed E-state index contributed by atoms with van der Waals surface area (Å²) in [6.45, 7) is 8.70. The van der Waals surface area contributed by atoms with Crippen LogP contribution in [0.1, 0.15) is 45.6 Å². The topological polar surface area (TPSA) is 12.0 Å². The molecular formula is C18H27F2N. The fourth-order valence-electron chi connectivity index (χ4n) is 3.66. The quantitative estimate of drug-likeness (QED) is 0.839. The van der Waals surface area contributed by atoms with E-state index >= 15 is 0 Å². The summed E-state index contributed by atoms with van der Waals surface area (Å²) >= 11 is 0. The molecule has 1 N–H and O–H groups in total. The lowest BCUT2D eigenvalue weighted by atomic mass is 9.65. The molecule has 0 aliphatic heterocycles. The van der Waals surface area contributed by atoms with Gasteiger partial charge in [-0.15, -0.1) is 0 Å². The first-order valence-corrected chi connectivity index (χ1v) is 8.05. The highest BCUT2D eigenvalue weighted by Gasteiger charge is 2.34. The van der Waals surface area contributed by atoms with E-state index < -0.39 is 11.6 Å². The summed E-state index contributed by atoms with van der Waals surface area (Å²) in [5, 5.41) is 3.44. The van der Waals surface area contributed by atoms with Crippen molar-refractivity contribution in [2.45, 2.75) is 46.5 Å². The first-order chi connectivity index (χ1) is 9.89. The van der Waals surface area contributed by atoms with Crippen molar-refractivity contribution in [1.29, 1.82) is 0 Å². The van der Waals surface area contributed by atoms with Crippen LogP contribution in [0.15, 0.2) is 18.2 Å². The van der Waals surface area contributed by atoms with Crippen LogP contribution in [0.5, 0.6) is 0 Å². The Kier molecular flexibility index (Phi) is 5.37. The van der Waals surface area contributed by atoms with Crippen molar-refractivity contribution in [2.75, 3.05) is 13.1 Å². The smallest absolute Gasteiger partial charge is 0.126 e. The Labute approximate surface area is 127 Å². The number of rotatable bonds is 5. The van der Waals surface area contributed by atoms with E-state index in [0.29, 0.717) is 17.3 Å². The van der Waals surface area contributed by atoms with Gasteiger partial charge in [-0.05, 0) is 73.7 Å². The molecule has 0 heterocycles. The molecule has 0 amide bonds. The molecule has 2 unspecified atom stereocenters. The second-order valence-electron chi connectivity index (χ2n) is 7.22. The van der Waals surface area contributed by atoms with Gasteiger partial charge < -0.3 is 5.32 Å². The summed E-state index contributed by atoms with van der Waals surface area (Å²) in [5.41, 5.74) is 1.12. The van der Waals surface area contributed by atoms with Crippen molar-refractivity contribution in [2.24, 2.45) is 17.3 Å². The molecule has 1 aliphatic rings. The number of benzene rings is 1. The highest BCUT2D eigenvalue weighted by molar-refractivity contribution is 5.19. The fourth-order valence-corrected chi connectivity index (χ4v) is 3.66. The molecule has 2 atom stereocenters. The Hall–Kier alpha value is -0.960. The van der Waals surface area contributed by atoms with Gasteiger partial charge in [-0.3, -0.25) is 0 Å². The molecule has 0 bridgehead atoms. The van der Waals surface area contributed by atoms with Gasteiger partial charge in [0.05, 0.1) is 0 Å². The fraction of sp³-hybridized carbons (Fsp3) is 0.667. The molecule has 0 saturated heterocycles. The summed E-state index contributed by atoms with van der Waals surface area (Å²) in [6, 6.07) is 3.91. The van der Waals surface area contributed by atoms with Gasteiger partial charge in [0.25, 0.3) is 0 Å². The maximum Gasteiger partial charge on any atom is 0.126 e. The zero-order valence-corrected chi connectivity index (χ0v) is 13.4. The average molecular weight is 295 g/mol. The van der Waals surface area contributed by atoms with Crippen LogP contribution in [-0.4, -0.2) is 13.1 Å². The van der Waals surface area contributed by atoms with Crippen LogP contribution < -0.4 is 5.32 Å².